The van der Waals surface area contributed by atoms with E-state index in [1.54, 1.807) is 13.0 Å². The Morgan fingerprint density at radius 2 is 1.84 bits per heavy atom. The fraction of sp³-hybridized carbons (Fsp3) is 0.250. The first-order valence-corrected chi connectivity index (χ1v) is 6.27. The monoisotopic (exact) mass is 259 g/mol. The minimum atomic E-state index is -0.844. The van der Waals surface area contributed by atoms with E-state index in [1.165, 1.54) is 6.07 Å². The highest BCUT2D eigenvalue weighted by atomic mass is 19.1. The first-order valence-electron chi connectivity index (χ1n) is 6.27. The topological polar surface area (TPSA) is 23.5 Å². The van der Waals surface area contributed by atoms with Gasteiger partial charge < -0.3 is 10.0 Å². The molecule has 1 atom stereocenters. The molecule has 0 bridgehead atoms. The molecule has 2 aromatic rings. The zero-order valence-corrected chi connectivity index (χ0v) is 11.4. The number of hydrogen-bond donors (Lipinski definition) is 1. The molecule has 2 nitrogen and oxygen atoms in total. The van der Waals surface area contributed by atoms with Crippen LogP contribution >= 0.6 is 0 Å². The van der Waals surface area contributed by atoms with E-state index in [9.17, 15) is 9.50 Å². The number of rotatable bonds is 3. The van der Waals surface area contributed by atoms with Gasteiger partial charge in [0.05, 0.1) is 6.10 Å². The van der Waals surface area contributed by atoms with Crippen LogP contribution in [-0.2, 0) is 0 Å². The average Bonchev–Trinajstić information content (AvgIpc) is 2.37. The maximum Gasteiger partial charge on any atom is 0.131 e. The second-order valence-corrected chi connectivity index (χ2v) is 4.75. The van der Waals surface area contributed by atoms with Crippen molar-refractivity contribution in [2.75, 3.05) is 11.9 Å². The van der Waals surface area contributed by atoms with Crippen molar-refractivity contribution in [1.82, 2.24) is 0 Å². The van der Waals surface area contributed by atoms with Gasteiger partial charge in [0, 0.05) is 24.0 Å². The molecule has 0 fully saturated rings. The third kappa shape index (κ3) is 2.76. The summed E-state index contributed by atoms with van der Waals surface area (Å²) in [5.41, 5.74) is 3.11. The maximum atomic E-state index is 13.9. The minimum Gasteiger partial charge on any atom is -0.389 e. The molecule has 0 saturated heterocycles. The molecule has 0 amide bonds. The number of hydrogen-bond acceptors (Lipinski definition) is 2. The third-order valence-corrected chi connectivity index (χ3v) is 3.20. The van der Waals surface area contributed by atoms with E-state index in [-0.39, 0.29) is 5.82 Å². The third-order valence-electron chi connectivity index (χ3n) is 3.20. The van der Waals surface area contributed by atoms with Crippen LogP contribution < -0.4 is 4.90 Å². The average molecular weight is 259 g/mol. The van der Waals surface area contributed by atoms with Crippen LogP contribution in [0.2, 0.25) is 0 Å². The van der Waals surface area contributed by atoms with Gasteiger partial charge in [0.1, 0.15) is 5.82 Å². The van der Waals surface area contributed by atoms with Crippen LogP contribution in [0.15, 0.2) is 42.5 Å². The van der Waals surface area contributed by atoms with Gasteiger partial charge in [-0.15, -0.1) is 0 Å². The molecular weight excluding hydrogens is 241 g/mol. The Morgan fingerprint density at radius 1 is 1.16 bits per heavy atom. The molecule has 0 aliphatic rings. The summed E-state index contributed by atoms with van der Waals surface area (Å²) in [4.78, 5) is 1.89. The van der Waals surface area contributed by atoms with Crippen molar-refractivity contribution in [2.45, 2.75) is 20.0 Å². The second kappa shape index (κ2) is 5.41. The molecule has 3 heteroatoms. The Morgan fingerprint density at radius 3 is 2.47 bits per heavy atom. The van der Waals surface area contributed by atoms with E-state index in [4.69, 9.17) is 0 Å². The Labute approximate surface area is 113 Å². The number of aliphatic hydroxyl groups excluding tert-OH is 1. The van der Waals surface area contributed by atoms with Crippen LogP contribution in [0.25, 0.3) is 0 Å². The zero-order valence-electron chi connectivity index (χ0n) is 11.4. The van der Waals surface area contributed by atoms with Crippen molar-refractivity contribution >= 4 is 11.4 Å². The Bertz CT molecular complexity index is 581. The van der Waals surface area contributed by atoms with Crippen molar-refractivity contribution in [3.63, 3.8) is 0 Å². The van der Waals surface area contributed by atoms with Crippen LogP contribution in [0.5, 0.6) is 0 Å². The predicted octanol–water partition coefficient (Wildman–Crippen LogP) is 3.96. The van der Waals surface area contributed by atoms with Gasteiger partial charge in [-0.2, -0.15) is 0 Å². The normalized spacial score (nSPS) is 12.3. The summed E-state index contributed by atoms with van der Waals surface area (Å²) in [6, 6.07) is 12.8. The molecule has 0 unspecified atom stereocenters. The van der Waals surface area contributed by atoms with Crippen molar-refractivity contribution in [3.05, 3.63) is 59.4 Å². The highest BCUT2D eigenvalue weighted by Crippen LogP contribution is 2.32. The summed E-state index contributed by atoms with van der Waals surface area (Å²) in [7, 11) is 1.87. The van der Waals surface area contributed by atoms with E-state index < -0.39 is 6.10 Å². The van der Waals surface area contributed by atoms with E-state index in [1.807, 2.05) is 49.2 Å². The highest BCUT2D eigenvalue weighted by Gasteiger charge is 2.17. The van der Waals surface area contributed by atoms with E-state index in [0.29, 0.717) is 11.3 Å². The molecule has 2 aromatic carbocycles. The number of aliphatic hydroxyl groups is 1. The lowest BCUT2D eigenvalue weighted by Gasteiger charge is -2.24. The molecule has 0 spiro atoms. The Kier molecular flexibility index (Phi) is 3.86. The molecular formula is C16H18FNO. The lowest BCUT2D eigenvalue weighted by atomic mass is 10.1. The lowest BCUT2D eigenvalue weighted by Crippen LogP contribution is -2.14. The molecule has 1 N–H and O–H groups in total. The van der Waals surface area contributed by atoms with Gasteiger partial charge in [-0.05, 0) is 43.7 Å². The summed E-state index contributed by atoms with van der Waals surface area (Å²) in [6.07, 6.45) is -0.844. The summed E-state index contributed by atoms with van der Waals surface area (Å²) in [5, 5.41) is 9.77. The number of anilines is 2. The number of halogens is 1. The van der Waals surface area contributed by atoms with Crippen LogP contribution in [0.3, 0.4) is 0 Å². The van der Waals surface area contributed by atoms with Crippen molar-refractivity contribution in [3.8, 4) is 0 Å². The number of nitrogens with zero attached hydrogens (tertiary/aromatic N) is 1. The van der Waals surface area contributed by atoms with Crippen LogP contribution in [-0.4, -0.2) is 12.2 Å². The SMILES string of the molecule is Cc1cccc(N(C)c2cccc(F)c2[C@H](C)O)c1. The van der Waals surface area contributed by atoms with Crippen LogP contribution in [0.1, 0.15) is 24.2 Å². The molecule has 0 radical (unpaired) electrons. The van der Waals surface area contributed by atoms with Crippen LogP contribution in [0, 0.1) is 12.7 Å². The largest absolute Gasteiger partial charge is 0.389 e. The van der Waals surface area contributed by atoms with Gasteiger partial charge >= 0.3 is 0 Å². The van der Waals surface area contributed by atoms with Crippen molar-refractivity contribution in [2.24, 2.45) is 0 Å². The lowest BCUT2D eigenvalue weighted by molar-refractivity contribution is 0.194. The van der Waals surface area contributed by atoms with E-state index in [0.717, 1.165) is 11.3 Å². The Hall–Kier alpha value is -1.87. The van der Waals surface area contributed by atoms with Crippen LogP contribution in [0.4, 0.5) is 15.8 Å². The summed E-state index contributed by atoms with van der Waals surface area (Å²) in [6.45, 7) is 3.59. The molecule has 0 aliphatic carbocycles. The second-order valence-electron chi connectivity index (χ2n) is 4.75. The number of benzene rings is 2. The molecule has 0 aliphatic heterocycles. The standard InChI is InChI=1S/C16H18FNO/c1-11-6-4-7-13(10-11)18(3)15-9-5-8-14(17)16(15)12(2)19/h4-10,12,19H,1-3H3/t12-/m0/s1. The van der Waals surface area contributed by atoms with Gasteiger partial charge in [0.2, 0.25) is 0 Å². The molecule has 2 rings (SSSR count). The van der Waals surface area contributed by atoms with Gasteiger partial charge in [0.25, 0.3) is 0 Å². The molecule has 19 heavy (non-hydrogen) atoms. The summed E-state index contributed by atoms with van der Waals surface area (Å²) in [5.74, 6) is -0.382. The first-order chi connectivity index (χ1) is 9.00. The van der Waals surface area contributed by atoms with Gasteiger partial charge in [-0.25, -0.2) is 4.39 Å². The fourth-order valence-corrected chi connectivity index (χ4v) is 2.21. The smallest absolute Gasteiger partial charge is 0.131 e. The highest BCUT2D eigenvalue weighted by molar-refractivity contribution is 5.66. The zero-order chi connectivity index (χ0) is 14.0. The van der Waals surface area contributed by atoms with Crippen molar-refractivity contribution < 1.29 is 9.50 Å². The molecule has 0 aromatic heterocycles. The molecule has 0 saturated carbocycles. The maximum absolute atomic E-state index is 13.9. The minimum absolute atomic E-state index is 0.325. The Balaban J connectivity index is 2.50. The van der Waals surface area contributed by atoms with Gasteiger partial charge in [0.15, 0.2) is 0 Å². The van der Waals surface area contributed by atoms with E-state index in [2.05, 4.69) is 0 Å². The van der Waals surface area contributed by atoms with Gasteiger partial charge in [-0.1, -0.05) is 18.2 Å². The van der Waals surface area contributed by atoms with E-state index >= 15 is 0 Å². The summed E-state index contributed by atoms with van der Waals surface area (Å²) >= 11 is 0. The molecule has 100 valence electrons. The fourth-order valence-electron chi connectivity index (χ4n) is 2.21. The van der Waals surface area contributed by atoms with Gasteiger partial charge in [-0.3, -0.25) is 0 Å². The number of aryl methyl sites for hydroxylation is 1. The van der Waals surface area contributed by atoms with Crippen molar-refractivity contribution in [1.29, 1.82) is 0 Å². The predicted molar refractivity (Wildman–Crippen MR) is 76.3 cm³/mol. The first kappa shape index (κ1) is 13.6. The summed E-state index contributed by atoms with van der Waals surface area (Å²) < 4.78 is 13.9. The quantitative estimate of drug-likeness (QED) is 0.902. The molecule has 0 heterocycles.